The third kappa shape index (κ3) is 3.18. The molecule has 0 radical (unpaired) electrons. The van der Waals surface area contributed by atoms with Gasteiger partial charge in [-0.15, -0.1) is 0 Å². The number of fused-ring (bicyclic) bond motifs is 1. The minimum absolute atomic E-state index is 0.0296. The first kappa shape index (κ1) is 14.4. The standard InChI is InChI=1S/C19H13ClO2/c20-16-11-9-14(10-12-16)5-1-2-6-15-13-22-18-8-4-3-7-17(18)19(15)21/h1-13H/b5-1+,6-2+. The summed E-state index contributed by atoms with van der Waals surface area (Å²) in [5.41, 5.74) is 2.14. The zero-order valence-electron chi connectivity index (χ0n) is 11.7. The van der Waals surface area contributed by atoms with Crippen LogP contribution in [-0.2, 0) is 0 Å². The fraction of sp³-hybridized carbons (Fsp3) is 0. The van der Waals surface area contributed by atoms with E-state index in [1.54, 1.807) is 18.2 Å². The summed E-state index contributed by atoms with van der Waals surface area (Å²) in [6, 6.07) is 14.7. The quantitative estimate of drug-likeness (QED) is 0.625. The predicted molar refractivity (Wildman–Crippen MR) is 92.0 cm³/mol. The van der Waals surface area contributed by atoms with Crippen LogP contribution in [0.15, 0.2) is 76.2 Å². The zero-order chi connectivity index (χ0) is 15.4. The van der Waals surface area contributed by atoms with Gasteiger partial charge >= 0.3 is 0 Å². The molecule has 2 aromatic carbocycles. The largest absolute Gasteiger partial charge is 0.463 e. The average molecular weight is 309 g/mol. The van der Waals surface area contributed by atoms with Gasteiger partial charge in [0, 0.05) is 5.02 Å². The summed E-state index contributed by atoms with van der Waals surface area (Å²) in [6.07, 6.45) is 8.85. The van der Waals surface area contributed by atoms with Crippen molar-refractivity contribution in [2.45, 2.75) is 0 Å². The van der Waals surface area contributed by atoms with Crippen LogP contribution in [-0.4, -0.2) is 0 Å². The number of hydrogen-bond acceptors (Lipinski definition) is 2. The molecule has 0 saturated heterocycles. The molecule has 0 unspecified atom stereocenters. The lowest BCUT2D eigenvalue weighted by atomic mass is 10.1. The Hall–Kier alpha value is -2.58. The van der Waals surface area contributed by atoms with Gasteiger partial charge in [-0.2, -0.15) is 0 Å². The lowest BCUT2D eigenvalue weighted by molar-refractivity contribution is 0.601. The fourth-order valence-electron chi connectivity index (χ4n) is 2.11. The van der Waals surface area contributed by atoms with E-state index in [9.17, 15) is 4.79 Å². The van der Waals surface area contributed by atoms with E-state index >= 15 is 0 Å². The number of halogens is 1. The number of rotatable bonds is 3. The van der Waals surface area contributed by atoms with Gasteiger partial charge in [-0.05, 0) is 35.9 Å². The van der Waals surface area contributed by atoms with Gasteiger partial charge in [-0.3, -0.25) is 4.79 Å². The van der Waals surface area contributed by atoms with Crippen molar-refractivity contribution in [3.05, 3.63) is 93.3 Å². The Balaban J connectivity index is 1.82. The van der Waals surface area contributed by atoms with E-state index in [4.69, 9.17) is 16.0 Å². The van der Waals surface area contributed by atoms with E-state index in [0.717, 1.165) is 5.56 Å². The van der Waals surface area contributed by atoms with Crippen LogP contribution < -0.4 is 5.43 Å². The summed E-state index contributed by atoms with van der Waals surface area (Å²) in [6.45, 7) is 0. The molecule has 108 valence electrons. The maximum Gasteiger partial charge on any atom is 0.199 e. The van der Waals surface area contributed by atoms with Crippen molar-refractivity contribution >= 4 is 34.7 Å². The first-order valence-electron chi connectivity index (χ1n) is 6.85. The average Bonchev–Trinajstić information content (AvgIpc) is 2.55. The summed E-state index contributed by atoms with van der Waals surface area (Å²) in [5, 5.41) is 1.30. The summed E-state index contributed by atoms with van der Waals surface area (Å²) in [7, 11) is 0. The zero-order valence-corrected chi connectivity index (χ0v) is 12.5. The van der Waals surface area contributed by atoms with E-state index in [-0.39, 0.29) is 5.43 Å². The molecule has 0 N–H and O–H groups in total. The van der Waals surface area contributed by atoms with E-state index < -0.39 is 0 Å². The molecule has 3 rings (SSSR count). The molecule has 0 fully saturated rings. The molecular weight excluding hydrogens is 296 g/mol. The summed E-state index contributed by atoms with van der Waals surface area (Å²) < 4.78 is 5.46. The molecule has 0 aliphatic heterocycles. The van der Waals surface area contributed by atoms with Gasteiger partial charge in [0.15, 0.2) is 5.43 Å². The molecule has 2 nitrogen and oxygen atoms in total. The lowest BCUT2D eigenvalue weighted by Gasteiger charge is -1.97. The Kier molecular flexibility index (Phi) is 4.22. The summed E-state index contributed by atoms with van der Waals surface area (Å²) in [4.78, 5) is 12.3. The lowest BCUT2D eigenvalue weighted by Crippen LogP contribution is -2.04. The topological polar surface area (TPSA) is 30.2 Å². The van der Waals surface area contributed by atoms with Crippen molar-refractivity contribution in [3.8, 4) is 0 Å². The molecule has 3 heteroatoms. The normalized spacial score (nSPS) is 11.7. The molecule has 0 bridgehead atoms. The fourth-order valence-corrected chi connectivity index (χ4v) is 2.23. The molecule has 22 heavy (non-hydrogen) atoms. The van der Waals surface area contributed by atoms with E-state index in [2.05, 4.69) is 0 Å². The maximum absolute atomic E-state index is 12.3. The van der Waals surface area contributed by atoms with E-state index in [1.165, 1.54) is 6.26 Å². The number of para-hydroxylation sites is 1. The second kappa shape index (κ2) is 6.46. The van der Waals surface area contributed by atoms with Gasteiger partial charge in [-0.25, -0.2) is 0 Å². The Morgan fingerprint density at radius 2 is 1.64 bits per heavy atom. The Labute approximate surface area is 133 Å². The van der Waals surface area contributed by atoms with Gasteiger partial charge < -0.3 is 4.42 Å². The summed E-state index contributed by atoms with van der Waals surface area (Å²) in [5.74, 6) is 0. The van der Waals surface area contributed by atoms with Crippen molar-refractivity contribution in [3.63, 3.8) is 0 Å². The van der Waals surface area contributed by atoms with Crippen LogP contribution in [0, 0.1) is 0 Å². The van der Waals surface area contributed by atoms with Crippen molar-refractivity contribution in [1.82, 2.24) is 0 Å². The molecule has 0 aliphatic carbocycles. The highest BCUT2D eigenvalue weighted by atomic mass is 35.5. The molecule has 0 saturated carbocycles. The highest BCUT2D eigenvalue weighted by molar-refractivity contribution is 6.30. The van der Waals surface area contributed by atoms with Gasteiger partial charge in [0.25, 0.3) is 0 Å². The molecule has 0 aliphatic rings. The number of hydrogen-bond donors (Lipinski definition) is 0. The van der Waals surface area contributed by atoms with Crippen molar-refractivity contribution < 1.29 is 4.42 Å². The van der Waals surface area contributed by atoms with E-state index in [1.807, 2.05) is 54.6 Å². The highest BCUT2D eigenvalue weighted by Crippen LogP contribution is 2.12. The molecule has 1 aromatic heterocycles. The molecule has 0 spiro atoms. The minimum atomic E-state index is -0.0296. The van der Waals surface area contributed by atoms with Crippen LogP contribution in [0.25, 0.3) is 23.1 Å². The van der Waals surface area contributed by atoms with Gasteiger partial charge in [0.05, 0.1) is 10.9 Å². The third-order valence-electron chi connectivity index (χ3n) is 3.25. The van der Waals surface area contributed by atoms with E-state index in [0.29, 0.717) is 21.6 Å². The molecule has 3 aromatic rings. The highest BCUT2D eigenvalue weighted by Gasteiger charge is 2.02. The van der Waals surface area contributed by atoms with Crippen molar-refractivity contribution in [1.29, 1.82) is 0 Å². The number of allylic oxidation sites excluding steroid dienone is 2. The van der Waals surface area contributed by atoms with Gasteiger partial charge in [-0.1, -0.05) is 54.1 Å². The van der Waals surface area contributed by atoms with Crippen molar-refractivity contribution in [2.75, 3.05) is 0 Å². The van der Waals surface area contributed by atoms with Crippen LogP contribution in [0.5, 0.6) is 0 Å². The summed E-state index contributed by atoms with van der Waals surface area (Å²) >= 11 is 5.83. The second-order valence-corrected chi connectivity index (χ2v) is 5.22. The molecule has 1 heterocycles. The molecule has 0 amide bonds. The smallest absolute Gasteiger partial charge is 0.199 e. The maximum atomic E-state index is 12.3. The van der Waals surface area contributed by atoms with Gasteiger partial charge in [0.2, 0.25) is 0 Å². The SMILES string of the molecule is O=c1c(/C=C/C=C/c2ccc(Cl)cc2)coc2ccccc12. The Morgan fingerprint density at radius 1 is 0.909 bits per heavy atom. The number of benzene rings is 2. The Morgan fingerprint density at radius 3 is 2.45 bits per heavy atom. The van der Waals surface area contributed by atoms with Crippen LogP contribution in [0.2, 0.25) is 5.02 Å². The van der Waals surface area contributed by atoms with Crippen LogP contribution in [0.3, 0.4) is 0 Å². The second-order valence-electron chi connectivity index (χ2n) is 4.79. The molecular formula is C19H13ClO2. The van der Waals surface area contributed by atoms with Gasteiger partial charge in [0.1, 0.15) is 11.8 Å². The molecule has 0 atom stereocenters. The Bertz CT molecular complexity index is 903. The van der Waals surface area contributed by atoms with Crippen molar-refractivity contribution in [2.24, 2.45) is 0 Å². The third-order valence-corrected chi connectivity index (χ3v) is 3.50. The monoisotopic (exact) mass is 308 g/mol. The first-order valence-corrected chi connectivity index (χ1v) is 7.23. The predicted octanol–water partition coefficient (Wildman–Crippen LogP) is 5.17. The van der Waals surface area contributed by atoms with Crippen LogP contribution in [0.1, 0.15) is 11.1 Å². The van der Waals surface area contributed by atoms with Crippen LogP contribution >= 0.6 is 11.6 Å². The van der Waals surface area contributed by atoms with Crippen LogP contribution in [0.4, 0.5) is 0 Å². The first-order chi connectivity index (χ1) is 10.7. The minimum Gasteiger partial charge on any atom is -0.463 e.